The van der Waals surface area contributed by atoms with Crippen molar-refractivity contribution in [2.24, 2.45) is 5.41 Å². The summed E-state index contributed by atoms with van der Waals surface area (Å²) in [5.74, 6) is -0.163. The topological polar surface area (TPSA) is 76.4 Å². The molecule has 0 saturated carbocycles. The number of nitrogens with one attached hydrogen (secondary N) is 1. The van der Waals surface area contributed by atoms with E-state index in [0.717, 1.165) is 38.2 Å². The summed E-state index contributed by atoms with van der Waals surface area (Å²) in [7, 11) is 0. The first-order valence-electron chi connectivity index (χ1n) is 8.35. The van der Waals surface area contributed by atoms with Crippen molar-refractivity contribution in [3.63, 3.8) is 0 Å². The van der Waals surface area contributed by atoms with Gasteiger partial charge in [0.25, 0.3) is 5.91 Å². The predicted molar refractivity (Wildman–Crippen MR) is 88.5 cm³/mol. The van der Waals surface area contributed by atoms with E-state index in [1.165, 1.54) is 0 Å². The minimum Gasteiger partial charge on any atom is -0.394 e. The number of hydrogen-bond donors (Lipinski definition) is 2. The third kappa shape index (κ3) is 4.78. The summed E-state index contributed by atoms with van der Waals surface area (Å²) in [6, 6.07) is 0.0573. The molecule has 1 unspecified atom stereocenters. The molecule has 0 radical (unpaired) electrons. The van der Waals surface area contributed by atoms with Gasteiger partial charge >= 0.3 is 0 Å². The second-order valence-corrected chi connectivity index (χ2v) is 7.55. The molecule has 130 valence electrons. The molecule has 0 spiro atoms. The lowest BCUT2D eigenvalue weighted by Crippen LogP contribution is -2.40. The predicted octanol–water partition coefficient (Wildman–Crippen LogP) is 2.07. The van der Waals surface area contributed by atoms with Crippen LogP contribution < -0.4 is 5.32 Å². The number of ether oxygens (including phenoxy) is 1. The Kier molecular flexibility index (Phi) is 5.81. The van der Waals surface area contributed by atoms with Crippen LogP contribution >= 0.6 is 0 Å². The molecule has 0 aromatic carbocycles. The van der Waals surface area contributed by atoms with Gasteiger partial charge in [-0.25, -0.2) is 0 Å². The molecule has 6 nitrogen and oxygen atoms in total. The van der Waals surface area contributed by atoms with Crippen molar-refractivity contribution >= 4 is 5.91 Å². The quantitative estimate of drug-likeness (QED) is 0.870. The van der Waals surface area contributed by atoms with Crippen molar-refractivity contribution in [2.45, 2.75) is 59.0 Å². The molecule has 0 aliphatic carbocycles. The first-order valence-corrected chi connectivity index (χ1v) is 8.35. The maximum absolute atomic E-state index is 12.5. The van der Waals surface area contributed by atoms with Gasteiger partial charge in [0.1, 0.15) is 0 Å². The summed E-state index contributed by atoms with van der Waals surface area (Å²) < 4.78 is 7.32. The van der Waals surface area contributed by atoms with Gasteiger partial charge in [0.15, 0.2) is 0 Å². The molecular weight excluding hydrogens is 294 g/mol. The van der Waals surface area contributed by atoms with E-state index in [0.29, 0.717) is 11.6 Å². The van der Waals surface area contributed by atoms with E-state index in [9.17, 15) is 9.90 Å². The van der Waals surface area contributed by atoms with Crippen molar-refractivity contribution in [1.82, 2.24) is 15.1 Å². The molecule has 1 saturated heterocycles. The Hall–Kier alpha value is -1.40. The Bertz CT molecular complexity index is 528. The van der Waals surface area contributed by atoms with Gasteiger partial charge in [-0.3, -0.25) is 9.48 Å². The lowest BCUT2D eigenvalue weighted by molar-refractivity contribution is 0.0656. The number of rotatable bonds is 5. The Balaban J connectivity index is 2.06. The molecule has 1 amide bonds. The number of hydrogen-bond acceptors (Lipinski definition) is 4. The number of amides is 1. The van der Waals surface area contributed by atoms with Gasteiger partial charge in [-0.05, 0) is 31.6 Å². The second-order valence-electron chi connectivity index (χ2n) is 7.55. The minimum atomic E-state index is -0.242. The Morgan fingerprint density at radius 1 is 1.48 bits per heavy atom. The van der Waals surface area contributed by atoms with Crippen LogP contribution in [0.2, 0.25) is 0 Å². The number of aliphatic hydroxyl groups is 1. The molecule has 6 heteroatoms. The van der Waals surface area contributed by atoms with Crippen molar-refractivity contribution in [3.8, 4) is 0 Å². The van der Waals surface area contributed by atoms with Crippen LogP contribution in [0.25, 0.3) is 0 Å². The van der Waals surface area contributed by atoms with E-state index >= 15 is 0 Å². The molecule has 2 rings (SSSR count). The van der Waals surface area contributed by atoms with Gasteiger partial charge in [0, 0.05) is 18.9 Å². The Labute approximate surface area is 138 Å². The molecule has 1 aromatic rings. The number of aromatic nitrogens is 2. The van der Waals surface area contributed by atoms with Crippen LogP contribution in [-0.2, 0) is 4.74 Å². The highest BCUT2D eigenvalue weighted by molar-refractivity contribution is 5.95. The third-order valence-corrected chi connectivity index (χ3v) is 4.24. The normalized spacial score (nSPS) is 18.0. The summed E-state index contributed by atoms with van der Waals surface area (Å²) in [4.78, 5) is 12.5. The van der Waals surface area contributed by atoms with Crippen LogP contribution in [0.1, 0.15) is 62.1 Å². The third-order valence-electron chi connectivity index (χ3n) is 4.24. The first kappa shape index (κ1) is 17.9. The van der Waals surface area contributed by atoms with E-state index in [-0.39, 0.29) is 24.0 Å². The van der Waals surface area contributed by atoms with Gasteiger partial charge in [-0.15, -0.1) is 0 Å². The van der Waals surface area contributed by atoms with Gasteiger partial charge in [0.2, 0.25) is 0 Å². The zero-order valence-electron chi connectivity index (χ0n) is 14.6. The summed E-state index contributed by atoms with van der Waals surface area (Å²) in [5.41, 5.74) is 1.51. The fourth-order valence-corrected chi connectivity index (χ4v) is 3.11. The molecule has 1 aliphatic rings. The largest absolute Gasteiger partial charge is 0.394 e. The highest BCUT2D eigenvalue weighted by Crippen LogP contribution is 2.24. The molecule has 2 heterocycles. The van der Waals surface area contributed by atoms with Crippen LogP contribution in [0.3, 0.4) is 0 Å². The molecule has 1 fully saturated rings. The smallest absolute Gasteiger partial charge is 0.255 e. The molecule has 1 atom stereocenters. The molecule has 1 aromatic heterocycles. The first-order chi connectivity index (χ1) is 10.8. The van der Waals surface area contributed by atoms with Gasteiger partial charge in [0.05, 0.1) is 30.5 Å². The lowest BCUT2D eigenvalue weighted by atomic mass is 9.88. The van der Waals surface area contributed by atoms with E-state index in [4.69, 9.17) is 4.74 Å². The summed E-state index contributed by atoms with van der Waals surface area (Å²) in [6.07, 6.45) is 4.20. The van der Waals surface area contributed by atoms with Crippen LogP contribution in [-0.4, -0.2) is 46.7 Å². The van der Waals surface area contributed by atoms with E-state index in [1.54, 1.807) is 6.20 Å². The summed E-state index contributed by atoms with van der Waals surface area (Å²) in [5, 5.41) is 16.8. The molecule has 1 aliphatic heterocycles. The summed E-state index contributed by atoms with van der Waals surface area (Å²) in [6.45, 7) is 9.63. The van der Waals surface area contributed by atoms with Gasteiger partial charge < -0.3 is 15.2 Å². The van der Waals surface area contributed by atoms with Crippen molar-refractivity contribution < 1.29 is 14.6 Å². The molecule has 0 bridgehead atoms. The van der Waals surface area contributed by atoms with Crippen molar-refractivity contribution in [3.05, 3.63) is 17.5 Å². The van der Waals surface area contributed by atoms with Crippen LogP contribution in [0.15, 0.2) is 6.20 Å². The molecule has 23 heavy (non-hydrogen) atoms. The zero-order chi connectivity index (χ0) is 17.0. The fraction of sp³-hybridized carbons (Fsp3) is 0.765. The zero-order valence-corrected chi connectivity index (χ0v) is 14.6. The average molecular weight is 323 g/mol. The van der Waals surface area contributed by atoms with Crippen LogP contribution in [0.4, 0.5) is 0 Å². The number of nitrogens with zero attached hydrogens (tertiary/aromatic N) is 2. The minimum absolute atomic E-state index is 0.0437. The second kappa shape index (κ2) is 7.45. The van der Waals surface area contributed by atoms with E-state index < -0.39 is 0 Å². The number of carbonyl (C=O) groups is 1. The number of carbonyl (C=O) groups excluding carboxylic acids is 1. The SMILES string of the molecule is Cc1c(C(=O)NC(CO)CC(C)(C)C)cnn1C1CCOCC1. The van der Waals surface area contributed by atoms with Crippen molar-refractivity contribution in [1.29, 1.82) is 0 Å². The maximum Gasteiger partial charge on any atom is 0.255 e. The lowest BCUT2D eigenvalue weighted by Gasteiger charge is -2.25. The highest BCUT2D eigenvalue weighted by Gasteiger charge is 2.24. The van der Waals surface area contributed by atoms with Crippen molar-refractivity contribution in [2.75, 3.05) is 19.8 Å². The fourth-order valence-electron chi connectivity index (χ4n) is 3.11. The van der Waals surface area contributed by atoms with Crippen LogP contribution in [0.5, 0.6) is 0 Å². The average Bonchev–Trinajstić information content (AvgIpc) is 2.87. The number of aliphatic hydroxyl groups excluding tert-OH is 1. The van der Waals surface area contributed by atoms with E-state index in [1.807, 2.05) is 11.6 Å². The molecular formula is C17H29N3O3. The van der Waals surface area contributed by atoms with E-state index in [2.05, 4.69) is 31.2 Å². The molecule has 2 N–H and O–H groups in total. The Morgan fingerprint density at radius 2 is 2.13 bits per heavy atom. The maximum atomic E-state index is 12.5. The van der Waals surface area contributed by atoms with Gasteiger partial charge in [-0.2, -0.15) is 5.10 Å². The highest BCUT2D eigenvalue weighted by atomic mass is 16.5. The van der Waals surface area contributed by atoms with Gasteiger partial charge in [-0.1, -0.05) is 20.8 Å². The summed E-state index contributed by atoms with van der Waals surface area (Å²) >= 11 is 0. The van der Waals surface area contributed by atoms with Crippen LogP contribution in [0, 0.1) is 12.3 Å². The standard InChI is InChI=1S/C17H29N3O3/c1-12-15(10-18-20(12)14-5-7-23-8-6-14)16(22)19-13(11-21)9-17(2,3)4/h10,13-14,21H,5-9,11H2,1-4H3,(H,19,22). The monoisotopic (exact) mass is 323 g/mol. The Morgan fingerprint density at radius 3 is 2.70 bits per heavy atom.